The molecule has 1 saturated heterocycles. The highest BCUT2D eigenvalue weighted by molar-refractivity contribution is 5.76. The smallest absolute Gasteiger partial charge is 0.244 e. The second-order valence-electron chi connectivity index (χ2n) is 3.74. The fourth-order valence-corrected chi connectivity index (χ4v) is 1.76. The van der Waals surface area contributed by atoms with Crippen LogP contribution in [0.4, 0.5) is 0 Å². The van der Waals surface area contributed by atoms with Gasteiger partial charge in [-0.1, -0.05) is 0 Å². The fraction of sp³-hybridized carbons (Fsp3) is 0.600. The summed E-state index contributed by atoms with van der Waals surface area (Å²) in [6.07, 6.45) is 4.14. The third kappa shape index (κ3) is 1.95. The minimum absolute atomic E-state index is 0.186. The van der Waals surface area contributed by atoms with E-state index in [-0.39, 0.29) is 5.91 Å². The van der Waals surface area contributed by atoms with Crippen molar-refractivity contribution in [1.82, 2.24) is 14.7 Å². The molecule has 2 heterocycles. The molecule has 0 saturated carbocycles. The topological polar surface area (TPSA) is 38.1 Å². The fourth-order valence-electron chi connectivity index (χ4n) is 1.76. The van der Waals surface area contributed by atoms with Crippen molar-refractivity contribution in [3.05, 3.63) is 18.0 Å². The van der Waals surface area contributed by atoms with Crippen molar-refractivity contribution < 1.29 is 4.79 Å². The number of nitrogens with zero attached hydrogens (tertiary/aromatic N) is 3. The van der Waals surface area contributed by atoms with Gasteiger partial charge in [-0.15, -0.1) is 0 Å². The number of rotatable bonds is 2. The molecule has 4 heteroatoms. The summed E-state index contributed by atoms with van der Waals surface area (Å²) >= 11 is 0. The molecule has 1 fully saturated rings. The molecule has 0 atom stereocenters. The van der Waals surface area contributed by atoms with Crippen LogP contribution in [0.1, 0.15) is 18.5 Å². The number of hydrogen-bond donors (Lipinski definition) is 0. The van der Waals surface area contributed by atoms with Crippen LogP contribution in [-0.2, 0) is 11.3 Å². The molecule has 0 spiro atoms. The number of aryl methyl sites for hydroxylation is 1. The van der Waals surface area contributed by atoms with Crippen molar-refractivity contribution in [3.63, 3.8) is 0 Å². The molecule has 1 aliphatic rings. The zero-order chi connectivity index (χ0) is 9.97. The van der Waals surface area contributed by atoms with E-state index in [0.717, 1.165) is 31.6 Å². The zero-order valence-electron chi connectivity index (χ0n) is 8.44. The summed E-state index contributed by atoms with van der Waals surface area (Å²) in [5.74, 6) is 0.186. The van der Waals surface area contributed by atoms with E-state index in [0.29, 0.717) is 6.54 Å². The minimum Gasteiger partial charge on any atom is -0.341 e. The molecule has 76 valence electrons. The quantitative estimate of drug-likeness (QED) is 0.697. The molecule has 0 radical (unpaired) electrons. The van der Waals surface area contributed by atoms with E-state index in [9.17, 15) is 4.79 Å². The monoisotopic (exact) mass is 193 g/mol. The van der Waals surface area contributed by atoms with Crippen molar-refractivity contribution in [1.29, 1.82) is 0 Å². The average molecular weight is 193 g/mol. The van der Waals surface area contributed by atoms with Gasteiger partial charge in [-0.2, -0.15) is 5.10 Å². The Morgan fingerprint density at radius 2 is 2.21 bits per heavy atom. The molecule has 2 rings (SSSR count). The van der Waals surface area contributed by atoms with Gasteiger partial charge >= 0.3 is 0 Å². The Hall–Kier alpha value is -1.32. The lowest BCUT2D eigenvalue weighted by Gasteiger charge is -2.14. The van der Waals surface area contributed by atoms with Crippen molar-refractivity contribution in [2.45, 2.75) is 26.3 Å². The van der Waals surface area contributed by atoms with E-state index in [4.69, 9.17) is 0 Å². The first-order valence-electron chi connectivity index (χ1n) is 5.03. The van der Waals surface area contributed by atoms with Crippen molar-refractivity contribution >= 4 is 5.91 Å². The van der Waals surface area contributed by atoms with Crippen molar-refractivity contribution in [2.24, 2.45) is 0 Å². The van der Waals surface area contributed by atoms with Crippen LogP contribution in [0.15, 0.2) is 12.3 Å². The maximum Gasteiger partial charge on any atom is 0.244 e. The molecule has 0 N–H and O–H groups in total. The lowest BCUT2D eigenvalue weighted by atomic mass is 10.4. The standard InChI is InChI=1S/C10H15N3O/c1-9-4-7-13(11-9)8-10(14)12-5-2-3-6-12/h4,7H,2-3,5-6,8H2,1H3. The Labute approximate surface area is 83.5 Å². The van der Waals surface area contributed by atoms with Crippen LogP contribution in [0.2, 0.25) is 0 Å². The molecular formula is C10H15N3O. The maximum absolute atomic E-state index is 11.7. The summed E-state index contributed by atoms with van der Waals surface area (Å²) < 4.78 is 1.70. The Bertz CT molecular complexity index is 326. The maximum atomic E-state index is 11.7. The SMILES string of the molecule is Cc1ccn(CC(=O)N2CCCC2)n1. The largest absolute Gasteiger partial charge is 0.341 e. The van der Waals surface area contributed by atoms with E-state index in [1.807, 2.05) is 24.1 Å². The van der Waals surface area contributed by atoms with Gasteiger partial charge in [-0.25, -0.2) is 0 Å². The van der Waals surface area contributed by atoms with Crippen molar-refractivity contribution in [2.75, 3.05) is 13.1 Å². The average Bonchev–Trinajstić information content (AvgIpc) is 2.75. The number of hydrogen-bond acceptors (Lipinski definition) is 2. The number of carbonyl (C=O) groups excluding carboxylic acids is 1. The lowest BCUT2D eigenvalue weighted by Crippen LogP contribution is -2.31. The first-order valence-corrected chi connectivity index (χ1v) is 5.03. The van der Waals surface area contributed by atoms with Crippen LogP contribution in [0, 0.1) is 6.92 Å². The summed E-state index contributed by atoms with van der Waals surface area (Å²) in [4.78, 5) is 13.6. The molecule has 0 aliphatic carbocycles. The van der Waals surface area contributed by atoms with E-state index < -0.39 is 0 Å². The molecule has 14 heavy (non-hydrogen) atoms. The van der Waals surface area contributed by atoms with Crippen LogP contribution in [-0.4, -0.2) is 33.7 Å². The van der Waals surface area contributed by atoms with E-state index in [1.54, 1.807) is 4.68 Å². The molecular weight excluding hydrogens is 178 g/mol. The Morgan fingerprint density at radius 1 is 1.50 bits per heavy atom. The molecule has 1 aliphatic heterocycles. The minimum atomic E-state index is 0.186. The van der Waals surface area contributed by atoms with Crippen LogP contribution in [0.25, 0.3) is 0 Å². The van der Waals surface area contributed by atoms with Gasteiger partial charge in [0.25, 0.3) is 0 Å². The van der Waals surface area contributed by atoms with Crippen molar-refractivity contribution in [3.8, 4) is 0 Å². The highest BCUT2D eigenvalue weighted by Crippen LogP contribution is 2.08. The molecule has 0 aromatic carbocycles. The predicted octanol–water partition coefficient (Wildman–Crippen LogP) is 0.814. The Kier molecular flexibility index (Phi) is 2.52. The number of aromatic nitrogens is 2. The highest BCUT2D eigenvalue weighted by atomic mass is 16.2. The molecule has 4 nitrogen and oxygen atoms in total. The molecule has 0 bridgehead atoms. The lowest BCUT2D eigenvalue weighted by molar-refractivity contribution is -0.130. The van der Waals surface area contributed by atoms with E-state index in [2.05, 4.69) is 5.10 Å². The zero-order valence-corrected chi connectivity index (χ0v) is 8.44. The normalized spacial score (nSPS) is 16.2. The Balaban J connectivity index is 1.93. The molecule has 1 amide bonds. The summed E-state index contributed by atoms with van der Waals surface area (Å²) in [7, 11) is 0. The summed E-state index contributed by atoms with van der Waals surface area (Å²) in [6.45, 7) is 4.14. The molecule has 1 aromatic rings. The summed E-state index contributed by atoms with van der Waals surface area (Å²) in [5, 5.41) is 4.19. The van der Waals surface area contributed by atoms with Crippen LogP contribution >= 0.6 is 0 Å². The van der Waals surface area contributed by atoms with Gasteiger partial charge < -0.3 is 4.90 Å². The number of amides is 1. The summed E-state index contributed by atoms with van der Waals surface area (Å²) in [5.41, 5.74) is 0.958. The van der Waals surface area contributed by atoms with Crippen LogP contribution in [0.5, 0.6) is 0 Å². The van der Waals surface area contributed by atoms with Gasteiger partial charge in [0.1, 0.15) is 6.54 Å². The number of carbonyl (C=O) groups is 1. The first kappa shape index (κ1) is 9.24. The number of likely N-dealkylation sites (tertiary alicyclic amines) is 1. The first-order chi connectivity index (χ1) is 6.75. The van der Waals surface area contributed by atoms with E-state index >= 15 is 0 Å². The predicted molar refractivity (Wildman–Crippen MR) is 52.8 cm³/mol. The highest BCUT2D eigenvalue weighted by Gasteiger charge is 2.17. The van der Waals surface area contributed by atoms with Gasteiger partial charge in [0, 0.05) is 19.3 Å². The van der Waals surface area contributed by atoms with E-state index in [1.165, 1.54) is 0 Å². The second kappa shape index (κ2) is 3.82. The second-order valence-corrected chi connectivity index (χ2v) is 3.74. The third-order valence-corrected chi connectivity index (χ3v) is 2.53. The van der Waals surface area contributed by atoms with Crippen LogP contribution < -0.4 is 0 Å². The van der Waals surface area contributed by atoms with Crippen LogP contribution in [0.3, 0.4) is 0 Å². The van der Waals surface area contributed by atoms with Gasteiger partial charge in [-0.05, 0) is 25.8 Å². The molecule has 1 aromatic heterocycles. The summed E-state index contributed by atoms with van der Waals surface area (Å²) in [6, 6.07) is 1.91. The Morgan fingerprint density at radius 3 is 2.79 bits per heavy atom. The van der Waals surface area contributed by atoms with Gasteiger partial charge in [0.15, 0.2) is 0 Å². The molecule has 0 unspecified atom stereocenters. The van der Waals surface area contributed by atoms with Gasteiger partial charge in [0.05, 0.1) is 5.69 Å². The van der Waals surface area contributed by atoms with Gasteiger partial charge in [0.2, 0.25) is 5.91 Å². The third-order valence-electron chi connectivity index (χ3n) is 2.53. The van der Waals surface area contributed by atoms with Gasteiger partial charge in [-0.3, -0.25) is 9.48 Å².